The van der Waals surface area contributed by atoms with E-state index in [0.29, 0.717) is 38.0 Å². The first kappa shape index (κ1) is 16.9. The molecule has 2 fully saturated rings. The van der Waals surface area contributed by atoms with Crippen LogP contribution < -0.4 is 10.6 Å². The smallest absolute Gasteiger partial charge is 0.252 e. The number of amides is 3. The van der Waals surface area contributed by atoms with Crippen LogP contribution in [0.25, 0.3) is 0 Å². The van der Waals surface area contributed by atoms with E-state index >= 15 is 0 Å². The van der Waals surface area contributed by atoms with Gasteiger partial charge in [-0.2, -0.15) is 11.3 Å². The lowest BCUT2D eigenvalue weighted by atomic mass is 10.2. The lowest BCUT2D eigenvalue weighted by molar-refractivity contribution is -0.136. The maximum atomic E-state index is 12.3. The van der Waals surface area contributed by atoms with Gasteiger partial charge in [0.15, 0.2) is 0 Å². The number of carbonyl (C=O) groups excluding carboxylic acids is 3. The zero-order valence-corrected chi connectivity index (χ0v) is 14.3. The quantitative estimate of drug-likeness (QED) is 0.777. The van der Waals surface area contributed by atoms with Gasteiger partial charge in [0.05, 0.1) is 0 Å². The first-order valence-electron chi connectivity index (χ1n) is 8.24. The van der Waals surface area contributed by atoms with Crippen molar-refractivity contribution in [2.24, 2.45) is 0 Å². The van der Waals surface area contributed by atoms with Crippen molar-refractivity contribution < 1.29 is 14.4 Å². The third-order valence-electron chi connectivity index (χ3n) is 4.47. The zero-order chi connectivity index (χ0) is 16.9. The molecule has 0 spiro atoms. The summed E-state index contributed by atoms with van der Waals surface area (Å²) in [5.41, 5.74) is 0.703. The topological polar surface area (TPSA) is 81.8 Å². The molecule has 0 aliphatic carbocycles. The second kappa shape index (κ2) is 7.76. The summed E-state index contributed by atoms with van der Waals surface area (Å²) in [6.07, 6.45) is 1.05. The van der Waals surface area contributed by atoms with E-state index in [-0.39, 0.29) is 23.8 Å². The summed E-state index contributed by atoms with van der Waals surface area (Å²) in [7, 11) is 0. The Morgan fingerprint density at radius 1 is 1.29 bits per heavy atom. The lowest BCUT2D eigenvalue weighted by Crippen LogP contribution is -2.54. The number of piperazine rings is 1. The first-order chi connectivity index (χ1) is 11.6. The highest BCUT2D eigenvalue weighted by Crippen LogP contribution is 2.12. The van der Waals surface area contributed by atoms with Gasteiger partial charge in [-0.1, -0.05) is 0 Å². The molecule has 24 heavy (non-hydrogen) atoms. The van der Waals surface area contributed by atoms with E-state index in [9.17, 15) is 14.4 Å². The van der Waals surface area contributed by atoms with E-state index in [1.807, 2.05) is 21.7 Å². The summed E-state index contributed by atoms with van der Waals surface area (Å²) in [5.74, 6) is -0.0401. The fourth-order valence-electron chi connectivity index (χ4n) is 3.03. The molecule has 3 heterocycles. The minimum Gasteiger partial charge on any atom is -0.351 e. The fourth-order valence-corrected chi connectivity index (χ4v) is 3.67. The van der Waals surface area contributed by atoms with E-state index in [1.165, 1.54) is 11.3 Å². The Bertz CT molecular complexity index is 596. The van der Waals surface area contributed by atoms with E-state index in [0.717, 1.165) is 19.6 Å². The molecule has 8 heteroatoms. The Morgan fingerprint density at radius 3 is 2.71 bits per heavy atom. The van der Waals surface area contributed by atoms with Crippen LogP contribution in [0.4, 0.5) is 0 Å². The molecule has 2 aliphatic heterocycles. The highest BCUT2D eigenvalue weighted by molar-refractivity contribution is 7.08. The number of thiophene rings is 1. The predicted molar refractivity (Wildman–Crippen MR) is 90.8 cm³/mol. The Morgan fingerprint density at radius 2 is 2.08 bits per heavy atom. The van der Waals surface area contributed by atoms with Crippen LogP contribution in [0.15, 0.2) is 16.8 Å². The van der Waals surface area contributed by atoms with Crippen LogP contribution in [0.1, 0.15) is 23.2 Å². The van der Waals surface area contributed by atoms with Crippen LogP contribution in [0.5, 0.6) is 0 Å². The summed E-state index contributed by atoms with van der Waals surface area (Å²) in [5, 5.41) is 9.37. The van der Waals surface area contributed by atoms with Crippen molar-refractivity contribution in [3.05, 3.63) is 22.4 Å². The van der Waals surface area contributed by atoms with E-state index in [1.54, 1.807) is 0 Å². The molecule has 1 aromatic heterocycles. The molecule has 2 N–H and O–H groups in total. The van der Waals surface area contributed by atoms with Crippen LogP contribution in [0, 0.1) is 0 Å². The van der Waals surface area contributed by atoms with Gasteiger partial charge in [0.2, 0.25) is 11.8 Å². The van der Waals surface area contributed by atoms with Crippen molar-refractivity contribution in [1.82, 2.24) is 20.4 Å². The van der Waals surface area contributed by atoms with Gasteiger partial charge in [0.25, 0.3) is 5.91 Å². The zero-order valence-electron chi connectivity index (χ0n) is 13.5. The van der Waals surface area contributed by atoms with Gasteiger partial charge in [0, 0.05) is 56.6 Å². The van der Waals surface area contributed by atoms with Crippen LogP contribution in [0.3, 0.4) is 0 Å². The van der Waals surface area contributed by atoms with E-state index in [4.69, 9.17) is 0 Å². The second-order valence-electron chi connectivity index (χ2n) is 6.09. The number of nitrogens with one attached hydrogen (secondary N) is 2. The minimum absolute atomic E-state index is 0.0336. The Labute approximate surface area is 145 Å². The molecule has 0 saturated carbocycles. The Kier molecular flexibility index (Phi) is 5.47. The van der Waals surface area contributed by atoms with Gasteiger partial charge in [-0.15, -0.1) is 0 Å². The molecule has 3 amide bonds. The molecule has 0 radical (unpaired) electrons. The van der Waals surface area contributed by atoms with Crippen molar-refractivity contribution >= 4 is 29.1 Å². The lowest BCUT2D eigenvalue weighted by Gasteiger charge is -2.35. The highest BCUT2D eigenvalue weighted by Gasteiger charge is 2.32. The molecule has 2 aliphatic rings. The highest BCUT2D eigenvalue weighted by atomic mass is 32.1. The average Bonchev–Trinajstić information content (AvgIpc) is 3.26. The number of hydrogen-bond acceptors (Lipinski definition) is 5. The van der Waals surface area contributed by atoms with Crippen LogP contribution in [-0.4, -0.2) is 72.8 Å². The molecule has 1 unspecified atom stereocenters. The van der Waals surface area contributed by atoms with Gasteiger partial charge in [-0.05, 0) is 17.9 Å². The predicted octanol–water partition coefficient (Wildman–Crippen LogP) is -0.0993. The van der Waals surface area contributed by atoms with Crippen LogP contribution in [0.2, 0.25) is 0 Å². The summed E-state index contributed by atoms with van der Waals surface area (Å²) in [4.78, 5) is 39.5. The monoisotopic (exact) mass is 350 g/mol. The first-order valence-corrected chi connectivity index (χ1v) is 9.18. The third kappa shape index (κ3) is 4.12. The van der Waals surface area contributed by atoms with Crippen LogP contribution >= 0.6 is 11.3 Å². The van der Waals surface area contributed by atoms with Crippen molar-refractivity contribution in [1.29, 1.82) is 0 Å². The maximum Gasteiger partial charge on any atom is 0.252 e. The van der Waals surface area contributed by atoms with Crippen molar-refractivity contribution in [2.75, 3.05) is 39.3 Å². The van der Waals surface area contributed by atoms with Gasteiger partial charge in [-0.25, -0.2) is 0 Å². The van der Waals surface area contributed by atoms with E-state index in [2.05, 4.69) is 15.5 Å². The molecule has 2 saturated heterocycles. The minimum atomic E-state index is -0.339. The standard InChI is InChI=1S/C16H22N4O3S/c21-14-2-1-13(18-14)16(23)20-8-6-19(7-9-20)5-4-17-15(22)12-3-10-24-11-12/h3,10-11,13H,1-2,4-9H2,(H,17,22)(H,18,21). The SMILES string of the molecule is O=C1CCC(C(=O)N2CCN(CCNC(=O)c3ccsc3)CC2)N1. The molecule has 0 bridgehead atoms. The van der Waals surface area contributed by atoms with Crippen molar-refractivity contribution in [3.8, 4) is 0 Å². The normalized spacial score (nSPS) is 21.6. The van der Waals surface area contributed by atoms with Crippen molar-refractivity contribution in [2.45, 2.75) is 18.9 Å². The van der Waals surface area contributed by atoms with Crippen molar-refractivity contribution in [3.63, 3.8) is 0 Å². The number of carbonyl (C=O) groups is 3. The molecule has 7 nitrogen and oxygen atoms in total. The molecule has 130 valence electrons. The molecule has 1 aromatic rings. The number of hydrogen-bond donors (Lipinski definition) is 2. The Hall–Kier alpha value is -1.93. The summed E-state index contributed by atoms with van der Waals surface area (Å²) in [6, 6.07) is 1.47. The number of nitrogens with zero attached hydrogens (tertiary/aromatic N) is 2. The van der Waals surface area contributed by atoms with Gasteiger partial charge in [0.1, 0.15) is 6.04 Å². The fraction of sp³-hybridized carbons (Fsp3) is 0.562. The Balaban J connectivity index is 1.35. The maximum absolute atomic E-state index is 12.3. The summed E-state index contributed by atoms with van der Waals surface area (Å²) < 4.78 is 0. The van der Waals surface area contributed by atoms with Gasteiger partial charge in [-0.3, -0.25) is 19.3 Å². The van der Waals surface area contributed by atoms with Crippen LogP contribution in [-0.2, 0) is 9.59 Å². The molecule has 3 rings (SSSR count). The average molecular weight is 350 g/mol. The molecule has 0 aromatic carbocycles. The third-order valence-corrected chi connectivity index (χ3v) is 5.16. The van der Waals surface area contributed by atoms with Gasteiger partial charge >= 0.3 is 0 Å². The molecular weight excluding hydrogens is 328 g/mol. The van der Waals surface area contributed by atoms with E-state index < -0.39 is 0 Å². The summed E-state index contributed by atoms with van der Waals surface area (Å²) >= 11 is 1.51. The summed E-state index contributed by atoms with van der Waals surface area (Å²) in [6.45, 7) is 4.30. The second-order valence-corrected chi connectivity index (χ2v) is 6.87. The number of rotatable bonds is 5. The molecular formula is C16H22N4O3S. The largest absolute Gasteiger partial charge is 0.351 e. The molecule has 1 atom stereocenters. The van der Waals surface area contributed by atoms with Gasteiger partial charge < -0.3 is 15.5 Å².